The molecule has 1 fully saturated rings. The SMILES string of the molecule is O=C(Nc1cccnc1)C1CN(C(=O)c2ccc(F)c(F)c2)C1. The van der Waals surface area contributed by atoms with Crippen LogP contribution in [0.15, 0.2) is 42.7 Å². The summed E-state index contributed by atoms with van der Waals surface area (Å²) in [7, 11) is 0. The average Bonchev–Trinajstić information content (AvgIpc) is 2.49. The number of amides is 2. The van der Waals surface area contributed by atoms with Crippen molar-refractivity contribution in [3.8, 4) is 0 Å². The first-order chi connectivity index (χ1) is 11.0. The zero-order valence-electron chi connectivity index (χ0n) is 12.0. The van der Waals surface area contributed by atoms with Crippen LogP contribution in [0.5, 0.6) is 0 Å². The van der Waals surface area contributed by atoms with E-state index in [1.807, 2.05) is 0 Å². The van der Waals surface area contributed by atoms with Gasteiger partial charge in [0, 0.05) is 24.8 Å². The molecule has 0 atom stereocenters. The Morgan fingerprint density at radius 2 is 1.96 bits per heavy atom. The summed E-state index contributed by atoms with van der Waals surface area (Å²) < 4.78 is 26.0. The van der Waals surface area contributed by atoms with Crippen LogP contribution in [-0.4, -0.2) is 34.8 Å². The molecule has 0 aliphatic carbocycles. The first-order valence-electron chi connectivity index (χ1n) is 7.00. The van der Waals surface area contributed by atoms with Crippen LogP contribution in [0.2, 0.25) is 0 Å². The summed E-state index contributed by atoms with van der Waals surface area (Å²) in [5.74, 6) is -3.02. The van der Waals surface area contributed by atoms with Crippen molar-refractivity contribution in [3.63, 3.8) is 0 Å². The Morgan fingerprint density at radius 1 is 1.17 bits per heavy atom. The summed E-state index contributed by atoms with van der Waals surface area (Å²) in [5, 5.41) is 2.71. The number of carbonyl (C=O) groups excluding carboxylic acids is 2. The number of hydrogen-bond donors (Lipinski definition) is 1. The zero-order valence-corrected chi connectivity index (χ0v) is 12.0. The minimum atomic E-state index is -1.07. The third-order valence-electron chi connectivity index (χ3n) is 3.64. The van der Waals surface area contributed by atoms with Gasteiger partial charge in [-0.15, -0.1) is 0 Å². The average molecular weight is 317 g/mol. The summed E-state index contributed by atoms with van der Waals surface area (Å²) in [5.41, 5.74) is 0.651. The lowest BCUT2D eigenvalue weighted by atomic mass is 9.97. The minimum Gasteiger partial charge on any atom is -0.337 e. The molecule has 118 valence electrons. The van der Waals surface area contributed by atoms with E-state index < -0.39 is 17.5 Å². The van der Waals surface area contributed by atoms with Crippen LogP contribution in [0.1, 0.15) is 10.4 Å². The van der Waals surface area contributed by atoms with Crippen molar-refractivity contribution in [1.82, 2.24) is 9.88 Å². The van der Waals surface area contributed by atoms with Crippen LogP contribution < -0.4 is 5.32 Å². The molecule has 0 saturated carbocycles. The second-order valence-corrected chi connectivity index (χ2v) is 5.27. The molecule has 2 heterocycles. The minimum absolute atomic E-state index is 0.0648. The number of nitrogens with one attached hydrogen (secondary N) is 1. The van der Waals surface area contributed by atoms with Crippen molar-refractivity contribution in [3.05, 3.63) is 59.9 Å². The smallest absolute Gasteiger partial charge is 0.254 e. The van der Waals surface area contributed by atoms with Gasteiger partial charge in [-0.25, -0.2) is 8.78 Å². The maximum atomic E-state index is 13.2. The molecule has 3 rings (SSSR count). The van der Waals surface area contributed by atoms with E-state index in [2.05, 4.69) is 10.3 Å². The van der Waals surface area contributed by atoms with E-state index in [4.69, 9.17) is 0 Å². The molecule has 1 aliphatic rings. The van der Waals surface area contributed by atoms with Gasteiger partial charge in [0.2, 0.25) is 5.91 Å². The molecule has 1 aromatic heterocycles. The molecule has 7 heteroatoms. The topological polar surface area (TPSA) is 62.3 Å². The molecule has 2 amide bonds. The van der Waals surface area contributed by atoms with E-state index >= 15 is 0 Å². The largest absolute Gasteiger partial charge is 0.337 e. The normalized spacial score (nSPS) is 14.3. The molecular formula is C16H13F2N3O2. The first kappa shape index (κ1) is 15.1. The van der Waals surface area contributed by atoms with E-state index in [9.17, 15) is 18.4 Å². The Hall–Kier alpha value is -2.83. The molecule has 0 unspecified atom stereocenters. The predicted octanol–water partition coefficient (Wildman–Crippen LogP) is 2.07. The number of aromatic nitrogens is 1. The van der Waals surface area contributed by atoms with Crippen LogP contribution >= 0.6 is 0 Å². The van der Waals surface area contributed by atoms with Gasteiger partial charge < -0.3 is 10.2 Å². The van der Waals surface area contributed by atoms with E-state index in [1.54, 1.807) is 18.3 Å². The molecule has 0 bridgehead atoms. The van der Waals surface area contributed by atoms with Gasteiger partial charge in [0.25, 0.3) is 5.91 Å². The molecule has 1 saturated heterocycles. The van der Waals surface area contributed by atoms with Crippen molar-refractivity contribution in [2.24, 2.45) is 5.92 Å². The fourth-order valence-corrected chi connectivity index (χ4v) is 2.30. The van der Waals surface area contributed by atoms with Crippen LogP contribution in [0.3, 0.4) is 0 Å². The highest BCUT2D eigenvalue weighted by Crippen LogP contribution is 2.21. The number of hydrogen-bond acceptors (Lipinski definition) is 3. The maximum Gasteiger partial charge on any atom is 0.254 e. The number of likely N-dealkylation sites (tertiary alicyclic amines) is 1. The van der Waals surface area contributed by atoms with Crippen LogP contribution in [-0.2, 0) is 4.79 Å². The second-order valence-electron chi connectivity index (χ2n) is 5.27. The monoisotopic (exact) mass is 317 g/mol. The highest BCUT2D eigenvalue weighted by atomic mass is 19.2. The Balaban J connectivity index is 1.57. The van der Waals surface area contributed by atoms with Gasteiger partial charge in [-0.3, -0.25) is 14.6 Å². The highest BCUT2D eigenvalue weighted by molar-refractivity contribution is 5.98. The molecule has 1 aromatic carbocycles. The Bertz CT molecular complexity index is 746. The number of pyridine rings is 1. The van der Waals surface area contributed by atoms with Gasteiger partial charge in [-0.1, -0.05) is 0 Å². The van der Waals surface area contributed by atoms with E-state index in [0.717, 1.165) is 12.1 Å². The Kier molecular flexibility index (Phi) is 4.01. The van der Waals surface area contributed by atoms with Gasteiger partial charge in [-0.2, -0.15) is 0 Å². The fourth-order valence-electron chi connectivity index (χ4n) is 2.30. The van der Waals surface area contributed by atoms with Crippen LogP contribution in [0.25, 0.3) is 0 Å². The van der Waals surface area contributed by atoms with Gasteiger partial charge in [0.1, 0.15) is 0 Å². The predicted molar refractivity (Wildman–Crippen MR) is 78.6 cm³/mol. The Morgan fingerprint density at radius 3 is 2.61 bits per heavy atom. The number of rotatable bonds is 3. The molecule has 2 aromatic rings. The summed E-state index contributed by atoms with van der Waals surface area (Å²) >= 11 is 0. The lowest BCUT2D eigenvalue weighted by molar-refractivity contribution is -0.123. The van der Waals surface area contributed by atoms with Gasteiger partial charge >= 0.3 is 0 Å². The van der Waals surface area contributed by atoms with Crippen molar-refractivity contribution < 1.29 is 18.4 Å². The fraction of sp³-hybridized carbons (Fsp3) is 0.188. The molecule has 0 spiro atoms. The summed E-state index contributed by atoms with van der Waals surface area (Å²) in [6.45, 7) is 0.480. The van der Waals surface area contributed by atoms with E-state index in [1.165, 1.54) is 17.2 Å². The van der Waals surface area contributed by atoms with Crippen LogP contribution in [0, 0.1) is 17.6 Å². The standard InChI is InChI=1S/C16H13F2N3O2/c17-13-4-3-10(6-14(13)18)16(23)21-8-11(9-21)15(22)20-12-2-1-5-19-7-12/h1-7,11H,8-9H2,(H,20,22). The first-order valence-corrected chi connectivity index (χ1v) is 7.00. The molecular weight excluding hydrogens is 304 g/mol. The zero-order chi connectivity index (χ0) is 16.4. The third kappa shape index (κ3) is 3.18. The quantitative estimate of drug-likeness (QED) is 0.942. The van der Waals surface area contributed by atoms with Gasteiger partial charge in [0.15, 0.2) is 11.6 Å². The number of halogens is 2. The molecule has 0 radical (unpaired) electrons. The number of carbonyl (C=O) groups is 2. The number of nitrogens with zero attached hydrogens (tertiary/aromatic N) is 2. The van der Waals surface area contributed by atoms with Crippen molar-refractivity contribution >= 4 is 17.5 Å². The van der Waals surface area contributed by atoms with Crippen LogP contribution in [0.4, 0.5) is 14.5 Å². The lowest BCUT2D eigenvalue weighted by Crippen LogP contribution is -2.54. The Labute approximate surface area is 130 Å². The number of benzene rings is 1. The molecule has 1 N–H and O–H groups in total. The third-order valence-corrected chi connectivity index (χ3v) is 3.64. The molecule has 23 heavy (non-hydrogen) atoms. The molecule has 5 nitrogen and oxygen atoms in total. The van der Waals surface area contributed by atoms with Crippen molar-refractivity contribution in [2.45, 2.75) is 0 Å². The highest BCUT2D eigenvalue weighted by Gasteiger charge is 2.36. The summed E-state index contributed by atoms with van der Waals surface area (Å²) in [4.78, 5) is 29.4. The summed E-state index contributed by atoms with van der Waals surface area (Å²) in [6, 6.07) is 6.42. The number of anilines is 1. The van der Waals surface area contributed by atoms with Gasteiger partial charge in [0.05, 0.1) is 17.8 Å². The van der Waals surface area contributed by atoms with Crippen molar-refractivity contribution in [1.29, 1.82) is 0 Å². The van der Waals surface area contributed by atoms with E-state index in [-0.39, 0.29) is 30.5 Å². The molecule has 1 aliphatic heterocycles. The van der Waals surface area contributed by atoms with Gasteiger partial charge in [-0.05, 0) is 30.3 Å². The maximum absolute atomic E-state index is 13.2. The van der Waals surface area contributed by atoms with Crippen molar-refractivity contribution in [2.75, 3.05) is 18.4 Å². The lowest BCUT2D eigenvalue weighted by Gasteiger charge is -2.38. The second kappa shape index (κ2) is 6.12. The van der Waals surface area contributed by atoms with E-state index in [0.29, 0.717) is 5.69 Å². The summed E-state index contributed by atoms with van der Waals surface area (Å²) in [6.07, 6.45) is 3.13.